The van der Waals surface area contributed by atoms with Crippen LogP contribution < -0.4 is 14.3 Å². The van der Waals surface area contributed by atoms with Gasteiger partial charge in [0.25, 0.3) is 5.91 Å². The third-order valence-electron chi connectivity index (χ3n) is 6.34. The number of sulfonamides is 1. The molecule has 1 atom stereocenters. The molecule has 10 nitrogen and oxygen atoms in total. The van der Waals surface area contributed by atoms with E-state index in [9.17, 15) is 18.0 Å². The van der Waals surface area contributed by atoms with Crippen molar-refractivity contribution in [3.8, 4) is 11.5 Å². The minimum Gasteiger partial charge on any atom is -0.493 e. The number of nitrogens with zero attached hydrogens (tertiary/aromatic N) is 3. The minimum absolute atomic E-state index is 0.140. The highest BCUT2D eigenvalue weighted by Gasteiger charge is 2.28. The van der Waals surface area contributed by atoms with Crippen LogP contribution in [0.25, 0.3) is 10.2 Å². The Morgan fingerprint density at radius 1 is 1.11 bits per heavy atom. The zero-order chi connectivity index (χ0) is 27.4. The lowest BCUT2D eigenvalue weighted by Gasteiger charge is -2.30. The van der Waals surface area contributed by atoms with Crippen LogP contribution in [0, 0.1) is 5.92 Å². The first-order valence-corrected chi connectivity index (χ1v) is 14.5. The summed E-state index contributed by atoms with van der Waals surface area (Å²) in [4.78, 5) is 30.1. The molecule has 4 rings (SSSR count). The number of rotatable bonds is 8. The van der Waals surface area contributed by atoms with Gasteiger partial charge >= 0.3 is 5.97 Å². The number of hydrogen-bond acceptors (Lipinski definition) is 8. The number of thiazole rings is 1. The summed E-state index contributed by atoms with van der Waals surface area (Å²) in [5.74, 6) is 0.234. The van der Waals surface area contributed by atoms with Crippen molar-refractivity contribution in [3.63, 3.8) is 0 Å². The molecule has 0 N–H and O–H groups in total. The summed E-state index contributed by atoms with van der Waals surface area (Å²) in [6.45, 7) is 4.80. The van der Waals surface area contributed by atoms with Gasteiger partial charge in [0, 0.05) is 30.8 Å². The third-order valence-corrected chi connectivity index (χ3v) is 9.26. The monoisotopic (exact) mass is 561 g/mol. The van der Waals surface area contributed by atoms with E-state index in [0.29, 0.717) is 36.0 Å². The number of methoxy groups -OCH3 is 2. The number of ether oxygens (including phenoxy) is 3. The second-order valence-electron chi connectivity index (χ2n) is 9.00. The fourth-order valence-corrected chi connectivity index (χ4v) is 7.04. The second kappa shape index (κ2) is 11.7. The SMILES string of the molecule is CCOC(=O)Cn1c(=NC(=O)c2ccc(S(=O)(=O)N3CCCC(C)C3)cc2)sc2cc(OC)c(OC)cc21. The molecule has 0 saturated carbocycles. The van der Waals surface area contributed by atoms with E-state index in [2.05, 4.69) is 4.99 Å². The molecule has 1 aromatic heterocycles. The van der Waals surface area contributed by atoms with Crippen molar-refractivity contribution >= 4 is 43.5 Å². The van der Waals surface area contributed by atoms with Crippen LogP contribution in [0.15, 0.2) is 46.3 Å². The zero-order valence-corrected chi connectivity index (χ0v) is 23.4. The van der Waals surface area contributed by atoms with Crippen molar-refractivity contribution in [2.75, 3.05) is 33.9 Å². The van der Waals surface area contributed by atoms with Gasteiger partial charge < -0.3 is 18.8 Å². The molecule has 0 spiro atoms. The molecule has 2 heterocycles. The van der Waals surface area contributed by atoms with Gasteiger partial charge in [0.2, 0.25) is 10.0 Å². The van der Waals surface area contributed by atoms with E-state index in [0.717, 1.165) is 17.5 Å². The molecule has 2 aromatic carbocycles. The Morgan fingerprint density at radius 2 is 1.79 bits per heavy atom. The highest BCUT2D eigenvalue weighted by atomic mass is 32.2. The minimum atomic E-state index is -3.64. The molecule has 12 heteroatoms. The number of hydrogen-bond donors (Lipinski definition) is 0. The normalized spacial score (nSPS) is 16.9. The number of aromatic nitrogens is 1. The molecule has 1 amide bonds. The maximum atomic E-state index is 13.1. The molecule has 0 aliphatic carbocycles. The van der Waals surface area contributed by atoms with Crippen LogP contribution in [0.5, 0.6) is 11.5 Å². The predicted octanol–water partition coefficient (Wildman–Crippen LogP) is 3.44. The smallest absolute Gasteiger partial charge is 0.326 e. The molecule has 3 aromatic rings. The van der Waals surface area contributed by atoms with Crippen molar-refractivity contribution in [2.45, 2.75) is 38.1 Å². The van der Waals surface area contributed by atoms with E-state index in [-0.39, 0.29) is 28.4 Å². The maximum absolute atomic E-state index is 13.1. The highest BCUT2D eigenvalue weighted by Crippen LogP contribution is 2.33. The number of esters is 1. The summed E-state index contributed by atoms with van der Waals surface area (Å²) in [6.07, 6.45) is 1.84. The molecule has 1 unspecified atom stereocenters. The van der Waals surface area contributed by atoms with Crippen molar-refractivity contribution in [1.82, 2.24) is 8.87 Å². The summed E-state index contributed by atoms with van der Waals surface area (Å²) < 4.78 is 45.8. The van der Waals surface area contributed by atoms with Crippen LogP contribution in [0.1, 0.15) is 37.0 Å². The lowest BCUT2D eigenvalue weighted by atomic mass is 10.0. The van der Waals surface area contributed by atoms with Gasteiger partial charge in [0.15, 0.2) is 16.3 Å². The van der Waals surface area contributed by atoms with Crippen molar-refractivity contribution in [2.24, 2.45) is 10.9 Å². The first-order valence-electron chi connectivity index (χ1n) is 12.3. The molecule has 1 aliphatic rings. The molecule has 0 radical (unpaired) electrons. The van der Waals surface area contributed by atoms with E-state index >= 15 is 0 Å². The maximum Gasteiger partial charge on any atom is 0.326 e. The fourth-order valence-electron chi connectivity index (χ4n) is 4.41. The van der Waals surface area contributed by atoms with Gasteiger partial charge in [-0.1, -0.05) is 18.3 Å². The van der Waals surface area contributed by atoms with E-state index in [1.165, 1.54) is 54.1 Å². The molecule has 1 aliphatic heterocycles. The quantitative estimate of drug-likeness (QED) is 0.387. The van der Waals surface area contributed by atoms with E-state index in [4.69, 9.17) is 14.2 Å². The largest absolute Gasteiger partial charge is 0.493 e. The second-order valence-corrected chi connectivity index (χ2v) is 11.9. The van der Waals surface area contributed by atoms with Gasteiger partial charge in [-0.25, -0.2) is 8.42 Å². The summed E-state index contributed by atoms with van der Waals surface area (Å²) in [6, 6.07) is 9.26. The molecule has 0 bridgehead atoms. The van der Waals surface area contributed by atoms with Crippen LogP contribution in [0.3, 0.4) is 0 Å². The van der Waals surface area contributed by atoms with Gasteiger partial charge in [-0.05, 0) is 49.9 Å². The van der Waals surface area contributed by atoms with Crippen LogP contribution >= 0.6 is 11.3 Å². The molecule has 1 saturated heterocycles. The zero-order valence-electron chi connectivity index (χ0n) is 21.8. The van der Waals surface area contributed by atoms with Crippen LogP contribution in [0.2, 0.25) is 0 Å². The van der Waals surface area contributed by atoms with Crippen molar-refractivity contribution in [3.05, 3.63) is 46.8 Å². The molecule has 204 valence electrons. The number of fused-ring (bicyclic) bond motifs is 1. The van der Waals surface area contributed by atoms with Gasteiger partial charge in [0.1, 0.15) is 6.54 Å². The van der Waals surface area contributed by atoms with E-state index in [1.54, 1.807) is 23.6 Å². The number of carbonyl (C=O) groups is 2. The average molecular weight is 562 g/mol. The van der Waals surface area contributed by atoms with Gasteiger partial charge in [0.05, 0.1) is 35.9 Å². The van der Waals surface area contributed by atoms with E-state index < -0.39 is 21.9 Å². The Morgan fingerprint density at radius 3 is 2.42 bits per heavy atom. The Balaban J connectivity index is 1.70. The Bertz CT molecular complexity index is 1510. The first kappa shape index (κ1) is 27.8. The summed E-state index contributed by atoms with van der Waals surface area (Å²) in [7, 11) is -0.606. The summed E-state index contributed by atoms with van der Waals surface area (Å²) >= 11 is 1.21. The van der Waals surface area contributed by atoms with Crippen LogP contribution in [0.4, 0.5) is 0 Å². The Labute approximate surface area is 225 Å². The molecular weight excluding hydrogens is 530 g/mol. The van der Waals surface area contributed by atoms with Gasteiger partial charge in [-0.2, -0.15) is 9.30 Å². The number of amides is 1. The lowest BCUT2D eigenvalue weighted by molar-refractivity contribution is -0.143. The van der Waals surface area contributed by atoms with Crippen molar-refractivity contribution < 1.29 is 32.2 Å². The van der Waals surface area contributed by atoms with Crippen LogP contribution in [-0.4, -0.2) is 63.1 Å². The number of piperidine rings is 1. The molecule has 1 fully saturated rings. The molecule has 38 heavy (non-hydrogen) atoms. The van der Waals surface area contributed by atoms with Gasteiger partial charge in [-0.15, -0.1) is 0 Å². The standard InChI is InChI=1S/C26H31N3O7S2/c1-5-36-24(30)16-29-20-13-21(34-3)22(35-4)14-23(20)37-26(29)27-25(31)18-8-10-19(11-9-18)38(32,33)28-12-6-7-17(2)15-28/h8-11,13-14,17H,5-7,12,15-16H2,1-4H3. The fraction of sp³-hybridized carbons (Fsp3) is 0.423. The molecular formula is C26H31N3O7S2. The topological polar surface area (TPSA) is 117 Å². The van der Waals surface area contributed by atoms with E-state index in [1.807, 2.05) is 6.92 Å². The third kappa shape index (κ3) is 5.77. The number of carbonyl (C=O) groups excluding carboxylic acids is 2. The van der Waals surface area contributed by atoms with Crippen LogP contribution in [-0.2, 0) is 26.1 Å². The van der Waals surface area contributed by atoms with Crippen molar-refractivity contribution in [1.29, 1.82) is 0 Å². The Hall–Kier alpha value is -3.22. The summed E-state index contributed by atoms with van der Waals surface area (Å²) in [5.41, 5.74) is 0.857. The van der Waals surface area contributed by atoms with Gasteiger partial charge in [-0.3, -0.25) is 9.59 Å². The lowest BCUT2D eigenvalue weighted by Crippen LogP contribution is -2.39. The Kier molecular flexibility index (Phi) is 8.54. The predicted molar refractivity (Wildman–Crippen MR) is 143 cm³/mol. The summed E-state index contributed by atoms with van der Waals surface area (Å²) in [5, 5.41) is 0. The average Bonchev–Trinajstić information content (AvgIpc) is 3.23. The first-order chi connectivity index (χ1) is 18.2. The highest BCUT2D eigenvalue weighted by molar-refractivity contribution is 7.89. The number of benzene rings is 2.